The van der Waals surface area contributed by atoms with E-state index in [4.69, 9.17) is 0 Å². The number of hydrogen-bond donors (Lipinski definition) is 3. The Hall–Kier alpha value is -1.59. The molecule has 0 aromatic carbocycles. The van der Waals surface area contributed by atoms with E-state index in [2.05, 4.69) is 10.6 Å². The first-order valence-electron chi connectivity index (χ1n) is 7.88. The molecule has 21 heavy (non-hydrogen) atoms. The van der Waals surface area contributed by atoms with Crippen molar-refractivity contribution in [3.63, 3.8) is 0 Å². The summed E-state index contributed by atoms with van der Waals surface area (Å²) in [7, 11) is 0. The van der Waals surface area contributed by atoms with Gasteiger partial charge in [-0.3, -0.25) is 14.4 Å². The van der Waals surface area contributed by atoms with Crippen molar-refractivity contribution in [3.05, 3.63) is 0 Å². The highest BCUT2D eigenvalue weighted by Crippen LogP contribution is 2.36. The lowest BCUT2D eigenvalue weighted by molar-refractivity contribution is -0.157. The molecule has 1 unspecified atom stereocenters. The van der Waals surface area contributed by atoms with Crippen molar-refractivity contribution in [2.24, 2.45) is 5.41 Å². The lowest BCUT2D eigenvalue weighted by Gasteiger charge is -2.28. The van der Waals surface area contributed by atoms with Gasteiger partial charge in [0.15, 0.2) is 0 Å². The number of nitrogens with one attached hydrogen (secondary N) is 2. The molecule has 6 nitrogen and oxygen atoms in total. The van der Waals surface area contributed by atoms with Crippen LogP contribution in [0.4, 0.5) is 0 Å². The van der Waals surface area contributed by atoms with Crippen LogP contribution in [0.15, 0.2) is 0 Å². The van der Waals surface area contributed by atoms with Gasteiger partial charge in [-0.2, -0.15) is 0 Å². The highest BCUT2D eigenvalue weighted by atomic mass is 16.4. The van der Waals surface area contributed by atoms with E-state index in [1.54, 1.807) is 0 Å². The molecular formula is C15H24N2O4. The second kappa shape index (κ2) is 6.91. The molecule has 1 saturated heterocycles. The van der Waals surface area contributed by atoms with Crippen molar-refractivity contribution in [1.29, 1.82) is 0 Å². The van der Waals surface area contributed by atoms with Crippen LogP contribution in [0.3, 0.4) is 0 Å². The first-order valence-corrected chi connectivity index (χ1v) is 7.88. The summed E-state index contributed by atoms with van der Waals surface area (Å²) < 4.78 is 0. The molecule has 1 saturated carbocycles. The Labute approximate surface area is 124 Å². The Morgan fingerprint density at radius 2 is 1.76 bits per heavy atom. The average molecular weight is 296 g/mol. The van der Waals surface area contributed by atoms with Crippen LogP contribution in [0.25, 0.3) is 0 Å². The first kappa shape index (κ1) is 15.8. The molecule has 0 spiro atoms. The van der Waals surface area contributed by atoms with Gasteiger partial charge in [-0.1, -0.05) is 25.7 Å². The van der Waals surface area contributed by atoms with Crippen molar-refractivity contribution in [2.45, 2.75) is 63.8 Å². The fraction of sp³-hybridized carbons (Fsp3) is 0.800. The molecule has 3 N–H and O–H groups in total. The number of aliphatic carboxylic acids is 1. The molecule has 1 aliphatic heterocycles. The fourth-order valence-corrected chi connectivity index (χ4v) is 3.24. The lowest BCUT2D eigenvalue weighted by Crippen LogP contribution is -2.53. The number of carboxylic acid groups (broad SMARTS) is 1. The highest BCUT2D eigenvalue weighted by molar-refractivity contribution is 6.03. The van der Waals surface area contributed by atoms with Crippen molar-refractivity contribution in [1.82, 2.24) is 10.6 Å². The van der Waals surface area contributed by atoms with Gasteiger partial charge >= 0.3 is 5.97 Å². The van der Waals surface area contributed by atoms with Gasteiger partial charge in [0.05, 0.1) is 0 Å². The molecule has 0 radical (unpaired) electrons. The molecule has 1 heterocycles. The van der Waals surface area contributed by atoms with Crippen molar-refractivity contribution >= 4 is 17.8 Å². The molecule has 6 heteroatoms. The zero-order chi connectivity index (χ0) is 15.3. The van der Waals surface area contributed by atoms with Crippen molar-refractivity contribution < 1.29 is 19.5 Å². The standard InChI is InChI=1S/C15H24N2O4/c18-12-11(7-3-6-10-16-12)17-13(19)15(14(20)21)8-4-1-2-5-9-15/h11H,1-10H2,(H,16,18)(H,17,19)(H,20,21). The smallest absolute Gasteiger partial charge is 0.319 e. The molecule has 2 fully saturated rings. The van der Waals surface area contributed by atoms with Crippen LogP contribution in [-0.2, 0) is 14.4 Å². The maximum atomic E-state index is 12.6. The Morgan fingerprint density at radius 1 is 1.10 bits per heavy atom. The predicted molar refractivity (Wildman–Crippen MR) is 76.6 cm³/mol. The molecule has 0 aromatic rings. The summed E-state index contributed by atoms with van der Waals surface area (Å²) in [6.07, 6.45) is 6.47. The van der Waals surface area contributed by atoms with E-state index in [1.807, 2.05) is 0 Å². The normalized spacial score (nSPS) is 26.1. The van der Waals surface area contributed by atoms with E-state index in [9.17, 15) is 19.5 Å². The molecule has 2 aliphatic rings. The van der Waals surface area contributed by atoms with E-state index in [0.29, 0.717) is 25.8 Å². The van der Waals surface area contributed by atoms with E-state index in [-0.39, 0.29) is 5.91 Å². The molecule has 0 bridgehead atoms. The summed E-state index contributed by atoms with van der Waals surface area (Å²) in [6, 6.07) is -0.598. The van der Waals surface area contributed by atoms with Gasteiger partial charge in [-0.05, 0) is 32.1 Å². The van der Waals surface area contributed by atoms with Crippen LogP contribution in [0, 0.1) is 5.41 Å². The summed E-state index contributed by atoms with van der Waals surface area (Å²) in [5, 5.41) is 15.0. The Morgan fingerprint density at radius 3 is 2.38 bits per heavy atom. The highest BCUT2D eigenvalue weighted by Gasteiger charge is 2.46. The van der Waals surface area contributed by atoms with E-state index >= 15 is 0 Å². The number of rotatable bonds is 3. The maximum absolute atomic E-state index is 12.6. The van der Waals surface area contributed by atoms with Gasteiger partial charge in [-0.15, -0.1) is 0 Å². The fourth-order valence-electron chi connectivity index (χ4n) is 3.24. The van der Waals surface area contributed by atoms with Crippen LogP contribution >= 0.6 is 0 Å². The van der Waals surface area contributed by atoms with Gasteiger partial charge in [0, 0.05) is 6.54 Å². The number of carboxylic acids is 1. The van der Waals surface area contributed by atoms with E-state index in [1.165, 1.54) is 0 Å². The van der Waals surface area contributed by atoms with Gasteiger partial charge in [0.2, 0.25) is 11.8 Å². The Kier molecular flexibility index (Phi) is 5.20. The lowest BCUT2D eigenvalue weighted by atomic mass is 9.79. The largest absolute Gasteiger partial charge is 0.480 e. The van der Waals surface area contributed by atoms with Crippen LogP contribution in [0.1, 0.15) is 57.8 Å². The number of amides is 2. The van der Waals surface area contributed by atoms with Crippen molar-refractivity contribution in [2.75, 3.05) is 6.54 Å². The second-order valence-corrected chi connectivity index (χ2v) is 6.11. The van der Waals surface area contributed by atoms with Crippen LogP contribution < -0.4 is 10.6 Å². The quantitative estimate of drug-likeness (QED) is 0.538. The summed E-state index contributed by atoms with van der Waals surface area (Å²) in [5.74, 6) is -1.75. The van der Waals surface area contributed by atoms with Crippen LogP contribution in [0.2, 0.25) is 0 Å². The minimum Gasteiger partial charge on any atom is -0.480 e. The zero-order valence-corrected chi connectivity index (χ0v) is 12.3. The van der Waals surface area contributed by atoms with Gasteiger partial charge in [0.25, 0.3) is 0 Å². The van der Waals surface area contributed by atoms with Gasteiger partial charge < -0.3 is 15.7 Å². The summed E-state index contributed by atoms with van der Waals surface area (Å²) in [6.45, 7) is 0.620. The molecule has 118 valence electrons. The van der Waals surface area contributed by atoms with Crippen molar-refractivity contribution in [3.8, 4) is 0 Å². The SMILES string of the molecule is O=C1NCCCCC1NC(=O)C1(C(=O)O)CCCCCC1. The molecule has 1 aliphatic carbocycles. The molecule has 2 rings (SSSR count). The monoisotopic (exact) mass is 296 g/mol. The van der Waals surface area contributed by atoms with Crippen LogP contribution in [-0.4, -0.2) is 35.5 Å². The number of hydrogen-bond acceptors (Lipinski definition) is 3. The molecule has 0 aromatic heterocycles. The van der Waals surface area contributed by atoms with E-state index < -0.39 is 23.3 Å². The number of carbonyl (C=O) groups is 3. The van der Waals surface area contributed by atoms with E-state index in [0.717, 1.165) is 38.5 Å². The summed E-state index contributed by atoms with van der Waals surface area (Å²) >= 11 is 0. The Bertz CT molecular complexity index is 414. The summed E-state index contributed by atoms with van der Waals surface area (Å²) in [4.78, 5) is 36.2. The van der Waals surface area contributed by atoms with Gasteiger partial charge in [0.1, 0.15) is 11.5 Å². The summed E-state index contributed by atoms with van der Waals surface area (Å²) in [5.41, 5.74) is -1.36. The second-order valence-electron chi connectivity index (χ2n) is 6.11. The Balaban J connectivity index is 2.10. The average Bonchev–Trinajstić information content (AvgIpc) is 2.81. The molecule has 2 amide bonds. The number of carbonyl (C=O) groups excluding carboxylic acids is 2. The zero-order valence-electron chi connectivity index (χ0n) is 12.3. The maximum Gasteiger partial charge on any atom is 0.319 e. The third-order valence-electron chi connectivity index (χ3n) is 4.64. The predicted octanol–water partition coefficient (Wildman–Crippen LogP) is 1.20. The third kappa shape index (κ3) is 3.54. The minimum atomic E-state index is -1.36. The molecule has 1 atom stereocenters. The molecular weight excluding hydrogens is 272 g/mol. The minimum absolute atomic E-state index is 0.199. The first-order chi connectivity index (χ1) is 10.1. The van der Waals surface area contributed by atoms with Crippen LogP contribution in [0.5, 0.6) is 0 Å². The third-order valence-corrected chi connectivity index (χ3v) is 4.64. The topological polar surface area (TPSA) is 95.5 Å². The van der Waals surface area contributed by atoms with Gasteiger partial charge in [-0.25, -0.2) is 0 Å².